The minimum Gasteiger partial charge on any atom is -0.469 e. The van der Waals surface area contributed by atoms with Crippen molar-refractivity contribution in [1.29, 1.82) is 0 Å². The van der Waals surface area contributed by atoms with Crippen LogP contribution in [0.15, 0.2) is 24.3 Å². The Hall–Kier alpha value is -1.72. The Morgan fingerprint density at radius 2 is 2.00 bits per heavy atom. The standard InChI is InChI=1S/C13H15F3O3/c1-18-12(17)8-3-2-5-10-6-4-7-11(9-10)19-13(14,15)16/h4,6-7,9H,2-3,5,8H2,1H3. The minimum absolute atomic E-state index is 0.224. The normalized spacial score (nSPS) is 11.2. The zero-order chi connectivity index (χ0) is 14.3. The van der Waals surface area contributed by atoms with Gasteiger partial charge in [0, 0.05) is 6.42 Å². The van der Waals surface area contributed by atoms with E-state index in [1.54, 1.807) is 6.07 Å². The number of esters is 1. The SMILES string of the molecule is COC(=O)CCCCc1cccc(OC(F)(F)F)c1. The van der Waals surface area contributed by atoms with E-state index in [-0.39, 0.29) is 11.7 Å². The van der Waals surface area contributed by atoms with E-state index >= 15 is 0 Å². The number of rotatable bonds is 6. The maximum atomic E-state index is 12.0. The molecule has 6 heteroatoms. The van der Waals surface area contributed by atoms with Crippen molar-refractivity contribution < 1.29 is 27.4 Å². The number of halogens is 3. The zero-order valence-corrected chi connectivity index (χ0v) is 10.5. The number of carbonyl (C=O) groups excluding carboxylic acids is 1. The number of ether oxygens (including phenoxy) is 2. The van der Waals surface area contributed by atoms with Gasteiger partial charge in [0.05, 0.1) is 7.11 Å². The summed E-state index contributed by atoms with van der Waals surface area (Å²) in [6, 6.07) is 5.84. The van der Waals surface area contributed by atoms with Crippen molar-refractivity contribution in [3.63, 3.8) is 0 Å². The number of methoxy groups -OCH3 is 1. The zero-order valence-electron chi connectivity index (χ0n) is 10.5. The highest BCUT2D eigenvalue weighted by Gasteiger charge is 2.31. The molecule has 0 aliphatic rings. The molecule has 106 valence electrons. The van der Waals surface area contributed by atoms with Gasteiger partial charge in [-0.3, -0.25) is 4.79 Å². The maximum absolute atomic E-state index is 12.0. The van der Waals surface area contributed by atoms with Crippen molar-refractivity contribution in [2.24, 2.45) is 0 Å². The summed E-state index contributed by atoms with van der Waals surface area (Å²) in [4.78, 5) is 10.9. The largest absolute Gasteiger partial charge is 0.573 e. The molecule has 19 heavy (non-hydrogen) atoms. The number of hydrogen-bond donors (Lipinski definition) is 0. The van der Waals surface area contributed by atoms with Gasteiger partial charge >= 0.3 is 12.3 Å². The first kappa shape index (κ1) is 15.3. The Morgan fingerprint density at radius 1 is 1.26 bits per heavy atom. The molecule has 0 heterocycles. The van der Waals surface area contributed by atoms with Gasteiger partial charge in [-0.1, -0.05) is 12.1 Å². The van der Waals surface area contributed by atoms with Crippen LogP contribution in [-0.4, -0.2) is 19.4 Å². The summed E-state index contributed by atoms with van der Waals surface area (Å²) in [6.45, 7) is 0. The van der Waals surface area contributed by atoms with Crippen LogP contribution in [0.3, 0.4) is 0 Å². The van der Waals surface area contributed by atoms with E-state index in [1.165, 1.54) is 25.3 Å². The lowest BCUT2D eigenvalue weighted by Crippen LogP contribution is -2.17. The van der Waals surface area contributed by atoms with Crippen molar-refractivity contribution in [2.75, 3.05) is 7.11 Å². The van der Waals surface area contributed by atoms with Crippen LogP contribution in [0.4, 0.5) is 13.2 Å². The van der Waals surface area contributed by atoms with Gasteiger partial charge in [0.15, 0.2) is 0 Å². The van der Waals surface area contributed by atoms with Crippen LogP contribution in [0.1, 0.15) is 24.8 Å². The van der Waals surface area contributed by atoms with Crippen molar-refractivity contribution in [1.82, 2.24) is 0 Å². The second-order valence-electron chi connectivity index (χ2n) is 3.98. The molecule has 0 radical (unpaired) electrons. The van der Waals surface area contributed by atoms with E-state index in [2.05, 4.69) is 9.47 Å². The van der Waals surface area contributed by atoms with Gasteiger partial charge in [0.1, 0.15) is 5.75 Å². The molecule has 0 aliphatic carbocycles. The van der Waals surface area contributed by atoms with E-state index in [9.17, 15) is 18.0 Å². The Bertz CT molecular complexity index is 416. The summed E-state index contributed by atoms with van der Waals surface area (Å²) < 4.78 is 44.4. The molecule has 0 amide bonds. The average Bonchev–Trinajstić information content (AvgIpc) is 2.32. The van der Waals surface area contributed by atoms with Crippen LogP contribution < -0.4 is 4.74 Å². The van der Waals surface area contributed by atoms with Crippen LogP contribution in [0, 0.1) is 0 Å². The number of alkyl halides is 3. The lowest BCUT2D eigenvalue weighted by atomic mass is 10.1. The van der Waals surface area contributed by atoms with E-state index in [4.69, 9.17) is 0 Å². The molecule has 0 fully saturated rings. The van der Waals surface area contributed by atoms with Gasteiger partial charge in [-0.05, 0) is 37.0 Å². The highest BCUT2D eigenvalue weighted by Crippen LogP contribution is 2.23. The van der Waals surface area contributed by atoms with E-state index in [0.29, 0.717) is 25.7 Å². The van der Waals surface area contributed by atoms with E-state index in [1.807, 2.05) is 0 Å². The molecule has 1 aromatic rings. The minimum atomic E-state index is -4.68. The van der Waals surface area contributed by atoms with Gasteiger partial charge < -0.3 is 9.47 Å². The molecule has 3 nitrogen and oxygen atoms in total. The topological polar surface area (TPSA) is 35.5 Å². The molecule has 0 N–H and O–H groups in total. The number of benzene rings is 1. The number of hydrogen-bond acceptors (Lipinski definition) is 3. The molecule has 1 aromatic carbocycles. The highest BCUT2D eigenvalue weighted by molar-refractivity contribution is 5.68. The third-order valence-electron chi connectivity index (χ3n) is 2.46. The molecule has 0 aromatic heterocycles. The second kappa shape index (κ2) is 7.01. The monoisotopic (exact) mass is 276 g/mol. The molecule has 1 rings (SSSR count). The van der Waals surface area contributed by atoms with Crippen LogP contribution in [0.2, 0.25) is 0 Å². The van der Waals surface area contributed by atoms with Crippen LogP contribution >= 0.6 is 0 Å². The quantitative estimate of drug-likeness (QED) is 0.589. The fraction of sp³-hybridized carbons (Fsp3) is 0.462. The number of carbonyl (C=O) groups is 1. The lowest BCUT2D eigenvalue weighted by Gasteiger charge is -2.09. The second-order valence-corrected chi connectivity index (χ2v) is 3.98. The molecule has 0 saturated carbocycles. The van der Waals surface area contributed by atoms with Crippen LogP contribution in [0.5, 0.6) is 5.75 Å². The molecule has 0 spiro atoms. The maximum Gasteiger partial charge on any atom is 0.573 e. The van der Waals surface area contributed by atoms with Gasteiger partial charge in [0.25, 0.3) is 0 Å². The molecule has 0 saturated heterocycles. The third-order valence-corrected chi connectivity index (χ3v) is 2.46. The highest BCUT2D eigenvalue weighted by atomic mass is 19.4. The van der Waals surface area contributed by atoms with Crippen molar-refractivity contribution in [2.45, 2.75) is 32.0 Å². The average molecular weight is 276 g/mol. The molecule has 0 unspecified atom stereocenters. The van der Waals surface area contributed by atoms with Crippen molar-refractivity contribution >= 4 is 5.97 Å². The van der Waals surface area contributed by atoms with Crippen LogP contribution in [0.25, 0.3) is 0 Å². The lowest BCUT2D eigenvalue weighted by molar-refractivity contribution is -0.274. The summed E-state index contributed by atoms with van der Waals surface area (Å²) >= 11 is 0. The Kier molecular flexibility index (Phi) is 5.66. The fourth-order valence-electron chi connectivity index (χ4n) is 1.60. The van der Waals surface area contributed by atoms with Crippen molar-refractivity contribution in [3.05, 3.63) is 29.8 Å². The van der Waals surface area contributed by atoms with E-state index in [0.717, 1.165) is 5.56 Å². The summed E-state index contributed by atoms with van der Waals surface area (Å²) in [5.74, 6) is -0.507. The first-order valence-electron chi connectivity index (χ1n) is 5.82. The molecule has 0 bridgehead atoms. The Morgan fingerprint density at radius 3 is 2.63 bits per heavy atom. The Labute approximate surface area is 109 Å². The Balaban J connectivity index is 2.42. The number of unbranched alkanes of at least 4 members (excludes halogenated alkanes) is 1. The fourth-order valence-corrected chi connectivity index (χ4v) is 1.60. The third kappa shape index (κ3) is 6.69. The molecule has 0 atom stereocenters. The predicted octanol–water partition coefficient (Wildman–Crippen LogP) is 3.47. The van der Waals surface area contributed by atoms with Gasteiger partial charge in [-0.15, -0.1) is 13.2 Å². The van der Waals surface area contributed by atoms with Gasteiger partial charge in [0.2, 0.25) is 0 Å². The first-order valence-corrected chi connectivity index (χ1v) is 5.82. The summed E-state index contributed by atoms with van der Waals surface area (Å²) in [5.41, 5.74) is 0.742. The number of aryl methyl sites for hydroxylation is 1. The van der Waals surface area contributed by atoms with E-state index < -0.39 is 6.36 Å². The first-order chi connectivity index (χ1) is 8.90. The summed E-state index contributed by atoms with van der Waals surface area (Å²) in [5, 5.41) is 0. The summed E-state index contributed by atoms with van der Waals surface area (Å²) in [7, 11) is 1.32. The van der Waals surface area contributed by atoms with Crippen molar-refractivity contribution in [3.8, 4) is 5.75 Å². The molecular weight excluding hydrogens is 261 g/mol. The van der Waals surface area contributed by atoms with Gasteiger partial charge in [-0.2, -0.15) is 0 Å². The molecular formula is C13H15F3O3. The van der Waals surface area contributed by atoms with Crippen LogP contribution in [-0.2, 0) is 16.0 Å². The predicted molar refractivity (Wildman–Crippen MR) is 62.7 cm³/mol. The molecule has 0 aliphatic heterocycles. The summed E-state index contributed by atoms with van der Waals surface area (Å²) in [6.07, 6.45) is -2.44. The smallest absolute Gasteiger partial charge is 0.469 e. The van der Waals surface area contributed by atoms with Gasteiger partial charge in [-0.25, -0.2) is 0 Å².